The molecule has 0 fully saturated rings. The fraction of sp³-hybridized carbons (Fsp3) is 0.0435. The lowest BCUT2D eigenvalue weighted by Gasteiger charge is -2.11. The number of para-hydroxylation sites is 1. The molecule has 0 aliphatic carbocycles. The number of fused-ring (bicyclic) bond motifs is 2. The van der Waals surface area contributed by atoms with E-state index in [1.165, 1.54) is 5.56 Å². The molecular formula is C23H17N7. The summed E-state index contributed by atoms with van der Waals surface area (Å²) in [7, 11) is 0. The Morgan fingerprint density at radius 2 is 1.83 bits per heavy atom. The quantitative estimate of drug-likeness (QED) is 0.483. The molecule has 0 radical (unpaired) electrons. The van der Waals surface area contributed by atoms with Crippen LogP contribution >= 0.6 is 0 Å². The van der Waals surface area contributed by atoms with E-state index in [9.17, 15) is 0 Å². The topological polar surface area (TPSA) is 77.2 Å². The van der Waals surface area contributed by atoms with Crippen LogP contribution < -0.4 is 0 Å². The molecule has 0 saturated carbocycles. The van der Waals surface area contributed by atoms with Crippen molar-refractivity contribution in [1.82, 2.24) is 35.0 Å². The van der Waals surface area contributed by atoms with Crippen LogP contribution in [0.2, 0.25) is 0 Å². The summed E-state index contributed by atoms with van der Waals surface area (Å²) in [5.41, 5.74) is 7.97. The first-order valence-electron chi connectivity index (χ1n) is 9.67. The van der Waals surface area contributed by atoms with Crippen LogP contribution in [0.3, 0.4) is 0 Å². The summed E-state index contributed by atoms with van der Waals surface area (Å²) in [6, 6.07) is 22.5. The highest BCUT2D eigenvalue weighted by Crippen LogP contribution is 2.28. The smallest absolute Gasteiger partial charge is 0.113 e. The van der Waals surface area contributed by atoms with Crippen molar-refractivity contribution in [2.24, 2.45) is 0 Å². The Bertz CT molecular complexity index is 1520. The van der Waals surface area contributed by atoms with E-state index in [-0.39, 0.29) is 0 Å². The monoisotopic (exact) mass is 391 g/mol. The largest absolute Gasteiger partial charge is 0.278 e. The fourth-order valence-electron chi connectivity index (χ4n) is 3.84. The predicted molar refractivity (Wildman–Crippen MR) is 116 cm³/mol. The Morgan fingerprint density at radius 3 is 2.77 bits per heavy atom. The molecule has 0 unspecified atom stereocenters. The van der Waals surface area contributed by atoms with Crippen molar-refractivity contribution in [2.75, 3.05) is 0 Å². The average molecular weight is 391 g/mol. The number of aryl methyl sites for hydroxylation is 1. The van der Waals surface area contributed by atoms with Crippen molar-refractivity contribution in [3.05, 3.63) is 84.7 Å². The van der Waals surface area contributed by atoms with Gasteiger partial charge < -0.3 is 0 Å². The second kappa shape index (κ2) is 6.38. The number of rotatable bonds is 3. The molecule has 3 heterocycles. The second-order valence-corrected chi connectivity index (χ2v) is 7.26. The van der Waals surface area contributed by atoms with Crippen LogP contribution in [0.4, 0.5) is 0 Å². The highest BCUT2D eigenvalue weighted by Gasteiger charge is 2.13. The molecule has 7 nitrogen and oxygen atoms in total. The van der Waals surface area contributed by atoms with E-state index in [0.717, 1.165) is 44.6 Å². The van der Waals surface area contributed by atoms with Crippen molar-refractivity contribution in [1.29, 1.82) is 0 Å². The zero-order valence-corrected chi connectivity index (χ0v) is 16.2. The lowest BCUT2D eigenvalue weighted by atomic mass is 10.1. The molecule has 144 valence electrons. The van der Waals surface area contributed by atoms with Crippen LogP contribution in [0.25, 0.3) is 44.6 Å². The summed E-state index contributed by atoms with van der Waals surface area (Å²) >= 11 is 0. The van der Waals surface area contributed by atoms with Crippen LogP contribution in [-0.2, 0) is 0 Å². The second-order valence-electron chi connectivity index (χ2n) is 7.26. The van der Waals surface area contributed by atoms with Crippen molar-refractivity contribution < 1.29 is 0 Å². The molecule has 0 saturated heterocycles. The summed E-state index contributed by atoms with van der Waals surface area (Å²) in [6.07, 6.45) is 3.64. The van der Waals surface area contributed by atoms with Crippen LogP contribution in [0.5, 0.6) is 0 Å². The summed E-state index contributed by atoms with van der Waals surface area (Å²) in [5.74, 6) is 0. The van der Waals surface area contributed by atoms with Gasteiger partial charge in [0.2, 0.25) is 0 Å². The minimum Gasteiger partial charge on any atom is -0.278 e. The van der Waals surface area contributed by atoms with Gasteiger partial charge in [0.25, 0.3) is 0 Å². The summed E-state index contributed by atoms with van der Waals surface area (Å²) in [6.45, 7) is 2.09. The van der Waals surface area contributed by atoms with Crippen LogP contribution in [0.15, 0.2) is 79.1 Å². The molecule has 7 heteroatoms. The molecular weight excluding hydrogens is 374 g/mol. The Kier molecular flexibility index (Phi) is 3.55. The molecule has 0 spiro atoms. The number of H-pyrrole nitrogens is 1. The third-order valence-electron chi connectivity index (χ3n) is 5.40. The number of hydrogen-bond donors (Lipinski definition) is 1. The zero-order valence-electron chi connectivity index (χ0n) is 16.2. The van der Waals surface area contributed by atoms with Gasteiger partial charge >= 0.3 is 0 Å². The van der Waals surface area contributed by atoms with Crippen molar-refractivity contribution in [3.63, 3.8) is 0 Å². The third-order valence-corrected chi connectivity index (χ3v) is 5.40. The van der Waals surface area contributed by atoms with Crippen LogP contribution in [-0.4, -0.2) is 35.0 Å². The summed E-state index contributed by atoms with van der Waals surface area (Å²) in [5, 5.41) is 21.5. The number of aromatic nitrogens is 7. The normalized spacial score (nSPS) is 11.5. The molecule has 0 aliphatic heterocycles. The molecule has 3 aromatic heterocycles. The lowest BCUT2D eigenvalue weighted by Crippen LogP contribution is -2.01. The zero-order chi connectivity index (χ0) is 20.1. The maximum absolute atomic E-state index is 4.57. The van der Waals surface area contributed by atoms with Gasteiger partial charge in [0.1, 0.15) is 5.52 Å². The number of nitrogens with zero attached hydrogens (tertiary/aromatic N) is 6. The molecule has 0 atom stereocenters. The highest BCUT2D eigenvalue weighted by atomic mass is 15.4. The van der Waals surface area contributed by atoms with E-state index >= 15 is 0 Å². The maximum Gasteiger partial charge on any atom is 0.113 e. The van der Waals surface area contributed by atoms with Crippen LogP contribution in [0, 0.1) is 6.92 Å². The van der Waals surface area contributed by atoms with E-state index in [4.69, 9.17) is 0 Å². The van der Waals surface area contributed by atoms with E-state index in [2.05, 4.69) is 56.8 Å². The summed E-state index contributed by atoms with van der Waals surface area (Å²) in [4.78, 5) is 0. The standard InChI is InChI=1S/C23H17N7/c1-15-4-2-3-5-21(15)30-22(10-11-25-30)16-7-9-19-23(12-16)29(28-27-19)18-8-6-17-14-24-26-20(17)13-18/h2-14H,1H3,(H,24,26). The molecule has 30 heavy (non-hydrogen) atoms. The van der Waals surface area contributed by atoms with E-state index in [1.807, 2.05) is 64.2 Å². The fourth-order valence-corrected chi connectivity index (χ4v) is 3.84. The van der Waals surface area contributed by atoms with Gasteiger partial charge in [0.15, 0.2) is 0 Å². The van der Waals surface area contributed by atoms with Gasteiger partial charge in [0, 0.05) is 10.9 Å². The minimum absolute atomic E-state index is 0.838. The van der Waals surface area contributed by atoms with E-state index in [0.29, 0.717) is 0 Å². The average Bonchev–Trinajstić information content (AvgIpc) is 3.51. The number of hydrogen-bond acceptors (Lipinski definition) is 4. The molecule has 0 bridgehead atoms. The predicted octanol–water partition coefficient (Wildman–Crippen LogP) is 4.46. The highest BCUT2D eigenvalue weighted by molar-refractivity contribution is 5.84. The summed E-state index contributed by atoms with van der Waals surface area (Å²) < 4.78 is 3.83. The van der Waals surface area contributed by atoms with Gasteiger partial charge in [-0.3, -0.25) is 5.10 Å². The van der Waals surface area contributed by atoms with Crippen LogP contribution in [0.1, 0.15) is 5.56 Å². The van der Waals surface area contributed by atoms with Gasteiger partial charge in [0.05, 0.1) is 40.5 Å². The lowest BCUT2D eigenvalue weighted by molar-refractivity contribution is 0.824. The third kappa shape index (κ3) is 2.52. The molecule has 0 amide bonds. The van der Waals surface area contributed by atoms with Gasteiger partial charge in [-0.2, -0.15) is 10.2 Å². The Morgan fingerprint density at radius 1 is 0.900 bits per heavy atom. The van der Waals surface area contributed by atoms with Gasteiger partial charge in [-0.25, -0.2) is 9.36 Å². The maximum atomic E-state index is 4.57. The Labute approximate surface area is 171 Å². The van der Waals surface area contributed by atoms with Crippen molar-refractivity contribution in [3.8, 4) is 22.6 Å². The van der Waals surface area contributed by atoms with E-state index < -0.39 is 0 Å². The molecule has 3 aromatic carbocycles. The first kappa shape index (κ1) is 16.7. The molecule has 6 aromatic rings. The SMILES string of the molecule is Cc1ccccc1-n1nccc1-c1ccc2nnn(-c3ccc4cn[nH]c4c3)c2c1. The van der Waals surface area contributed by atoms with Crippen molar-refractivity contribution >= 4 is 21.9 Å². The van der Waals surface area contributed by atoms with E-state index in [1.54, 1.807) is 0 Å². The Hall–Kier alpha value is -4.26. The van der Waals surface area contributed by atoms with Crippen molar-refractivity contribution in [2.45, 2.75) is 6.92 Å². The van der Waals surface area contributed by atoms with Gasteiger partial charge in [-0.1, -0.05) is 29.5 Å². The first-order chi connectivity index (χ1) is 14.8. The molecule has 0 aliphatic rings. The molecule has 1 N–H and O–H groups in total. The minimum atomic E-state index is 0.838. The van der Waals surface area contributed by atoms with Gasteiger partial charge in [-0.05, 0) is 55.0 Å². The van der Waals surface area contributed by atoms with Gasteiger partial charge in [-0.15, -0.1) is 5.10 Å². The first-order valence-corrected chi connectivity index (χ1v) is 9.67. The number of benzene rings is 3. The Balaban J connectivity index is 1.51. The molecule has 6 rings (SSSR count). The number of aromatic amines is 1. The number of nitrogens with one attached hydrogen (secondary N) is 1.